The molecule has 0 saturated heterocycles. The molecule has 1 aromatic rings. The van der Waals surface area contributed by atoms with Crippen LogP contribution in [0.1, 0.15) is 11.5 Å². The van der Waals surface area contributed by atoms with Crippen molar-refractivity contribution in [3.63, 3.8) is 0 Å². The van der Waals surface area contributed by atoms with Crippen LogP contribution in [0.15, 0.2) is 24.3 Å². The van der Waals surface area contributed by atoms with E-state index in [1.165, 1.54) is 0 Å². The third-order valence-electron chi connectivity index (χ3n) is 3.09. The lowest BCUT2D eigenvalue weighted by molar-refractivity contribution is -0.113. The Kier molecular flexibility index (Phi) is 2.96. The maximum Gasteiger partial charge on any atom is 0.141 e. The molecular formula is C11H9Cl3O2. The molecule has 0 amide bonds. The van der Waals surface area contributed by atoms with E-state index in [4.69, 9.17) is 34.8 Å². The summed E-state index contributed by atoms with van der Waals surface area (Å²) in [5.41, 5.74) is -0.292. The Bertz CT molecular complexity index is 416. The number of aliphatic hydroxyl groups excluding tert-OH is 1. The van der Waals surface area contributed by atoms with Crippen LogP contribution in [-0.2, 0) is 4.79 Å². The summed E-state index contributed by atoms with van der Waals surface area (Å²) < 4.78 is -1.24. The smallest absolute Gasteiger partial charge is 0.141 e. The second-order valence-corrected chi connectivity index (χ2v) is 5.75. The van der Waals surface area contributed by atoms with E-state index < -0.39 is 9.75 Å². The summed E-state index contributed by atoms with van der Waals surface area (Å²) in [6, 6.07) is 6.92. The molecule has 16 heavy (non-hydrogen) atoms. The number of aliphatic hydroxyl groups is 1. The zero-order valence-corrected chi connectivity index (χ0v) is 10.4. The molecule has 0 heterocycles. The summed E-state index contributed by atoms with van der Waals surface area (Å²) in [6.07, 6.45) is 0.631. The third-order valence-corrected chi connectivity index (χ3v) is 4.48. The monoisotopic (exact) mass is 278 g/mol. The van der Waals surface area contributed by atoms with Crippen molar-refractivity contribution in [3.8, 4) is 0 Å². The van der Waals surface area contributed by atoms with Gasteiger partial charge in [0.25, 0.3) is 0 Å². The van der Waals surface area contributed by atoms with Crippen LogP contribution in [0.4, 0.5) is 0 Å². The molecular weight excluding hydrogens is 270 g/mol. The minimum absolute atomic E-state index is 0.364. The molecule has 5 heteroatoms. The number of hydrogen-bond acceptors (Lipinski definition) is 2. The highest BCUT2D eigenvalue weighted by Gasteiger charge is 2.76. The molecule has 2 atom stereocenters. The highest BCUT2D eigenvalue weighted by atomic mass is 35.5. The number of benzene rings is 1. The van der Waals surface area contributed by atoms with E-state index in [1.54, 1.807) is 24.3 Å². The van der Waals surface area contributed by atoms with E-state index in [0.717, 1.165) is 5.56 Å². The number of rotatable bonds is 3. The summed E-state index contributed by atoms with van der Waals surface area (Å²) in [7, 11) is 0. The van der Waals surface area contributed by atoms with Crippen LogP contribution in [0, 0.1) is 5.41 Å². The predicted molar refractivity (Wildman–Crippen MR) is 64.2 cm³/mol. The molecule has 0 aromatic heterocycles. The molecule has 1 N–H and O–H groups in total. The second-order valence-electron chi connectivity index (χ2n) is 3.92. The van der Waals surface area contributed by atoms with Crippen molar-refractivity contribution in [1.29, 1.82) is 0 Å². The van der Waals surface area contributed by atoms with Crippen LogP contribution < -0.4 is 0 Å². The summed E-state index contributed by atoms with van der Waals surface area (Å²) in [6.45, 7) is -0.364. The molecule has 1 aliphatic carbocycles. The van der Waals surface area contributed by atoms with Gasteiger partial charge in [-0.15, -0.1) is 0 Å². The number of hydrogen-bond donors (Lipinski definition) is 1. The summed E-state index contributed by atoms with van der Waals surface area (Å²) in [5.74, 6) is -0.386. The Balaban J connectivity index is 2.37. The zero-order chi connectivity index (χ0) is 12.0. The molecule has 1 saturated carbocycles. The summed E-state index contributed by atoms with van der Waals surface area (Å²) in [5, 5.41) is 9.85. The fourth-order valence-electron chi connectivity index (χ4n) is 2.02. The van der Waals surface area contributed by atoms with Gasteiger partial charge in [-0.1, -0.05) is 46.9 Å². The zero-order valence-electron chi connectivity index (χ0n) is 8.16. The van der Waals surface area contributed by atoms with E-state index in [2.05, 4.69) is 0 Å². The summed E-state index contributed by atoms with van der Waals surface area (Å²) >= 11 is 17.9. The maximum atomic E-state index is 11.0. The van der Waals surface area contributed by atoms with E-state index in [-0.39, 0.29) is 12.5 Å². The molecule has 2 rings (SSSR count). The van der Waals surface area contributed by atoms with Gasteiger partial charge in [0.05, 0.1) is 12.0 Å². The van der Waals surface area contributed by atoms with Crippen LogP contribution >= 0.6 is 34.8 Å². The molecule has 86 valence electrons. The highest BCUT2D eigenvalue weighted by molar-refractivity contribution is 6.54. The van der Waals surface area contributed by atoms with Crippen LogP contribution in [0.25, 0.3) is 0 Å². The van der Waals surface area contributed by atoms with E-state index in [0.29, 0.717) is 11.3 Å². The van der Waals surface area contributed by atoms with Gasteiger partial charge in [-0.3, -0.25) is 0 Å². The van der Waals surface area contributed by atoms with Crippen LogP contribution in [0.5, 0.6) is 0 Å². The summed E-state index contributed by atoms with van der Waals surface area (Å²) in [4.78, 5) is 11.0. The van der Waals surface area contributed by atoms with Gasteiger partial charge in [0.2, 0.25) is 0 Å². The van der Waals surface area contributed by atoms with Crippen molar-refractivity contribution in [2.45, 2.75) is 10.3 Å². The minimum Gasteiger partial charge on any atom is -0.395 e. The molecule has 1 fully saturated rings. The van der Waals surface area contributed by atoms with Crippen LogP contribution in [-0.4, -0.2) is 22.3 Å². The van der Waals surface area contributed by atoms with Gasteiger partial charge in [0.15, 0.2) is 0 Å². The first-order chi connectivity index (χ1) is 7.49. The van der Waals surface area contributed by atoms with Gasteiger partial charge >= 0.3 is 0 Å². The van der Waals surface area contributed by atoms with Gasteiger partial charge < -0.3 is 9.90 Å². The van der Waals surface area contributed by atoms with E-state index in [9.17, 15) is 9.90 Å². The number of halogens is 3. The van der Waals surface area contributed by atoms with Crippen LogP contribution in [0.3, 0.4) is 0 Å². The molecule has 2 unspecified atom stereocenters. The SMILES string of the molecule is O=CC1(CO)C(c2ccc(Cl)cc2)C1(Cl)Cl. The fraction of sp³-hybridized carbons (Fsp3) is 0.364. The van der Waals surface area contributed by atoms with E-state index >= 15 is 0 Å². The standard InChI is InChI=1S/C11H9Cl3O2/c12-8-3-1-7(2-4-8)9-10(5-15,6-16)11(9,13)14/h1-5,9,16H,6H2. The largest absolute Gasteiger partial charge is 0.395 e. The van der Waals surface area contributed by atoms with Crippen molar-refractivity contribution in [3.05, 3.63) is 34.9 Å². The van der Waals surface area contributed by atoms with E-state index in [1.807, 2.05) is 0 Å². The van der Waals surface area contributed by atoms with Gasteiger partial charge in [-0.05, 0) is 17.7 Å². The minimum atomic E-state index is -1.24. The topological polar surface area (TPSA) is 37.3 Å². The van der Waals surface area contributed by atoms with Gasteiger partial charge in [-0.2, -0.15) is 0 Å². The van der Waals surface area contributed by atoms with Crippen LogP contribution in [0.2, 0.25) is 5.02 Å². The fourth-order valence-corrected chi connectivity index (χ4v) is 3.10. The van der Waals surface area contributed by atoms with Crippen molar-refractivity contribution in [2.75, 3.05) is 6.61 Å². The first kappa shape index (κ1) is 12.2. The Labute approximate surface area is 108 Å². The second kappa shape index (κ2) is 3.88. The molecule has 1 aliphatic rings. The average Bonchev–Trinajstić information content (AvgIpc) is 2.77. The Morgan fingerprint density at radius 2 is 1.88 bits per heavy atom. The Morgan fingerprint density at radius 1 is 1.31 bits per heavy atom. The van der Waals surface area contributed by atoms with Crippen molar-refractivity contribution >= 4 is 41.1 Å². The third kappa shape index (κ3) is 1.48. The van der Waals surface area contributed by atoms with Crippen molar-refractivity contribution < 1.29 is 9.90 Å². The first-order valence-corrected chi connectivity index (χ1v) is 5.83. The quantitative estimate of drug-likeness (QED) is 0.682. The first-order valence-electron chi connectivity index (χ1n) is 4.70. The molecule has 0 spiro atoms. The molecule has 2 nitrogen and oxygen atoms in total. The lowest BCUT2D eigenvalue weighted by Crippen LogP contribution is -2.16. The number of carbonyl (C=O) groups is 1. The number of alkyl halides is 2. The van der Waals surface area contributed by atoms with Crippen molar-refractivity contribution in [1.82, 2.24) is 0 Å². The molecule has 0 radical (unpaired) electrons. The predicted octanol–water partition coefficient (Wildman–Crippen LogP) is 2.79. The van der Waals surface area contributed by atoms with Gasteiger partial charge in [0.1, 0.15) is 10.6 Å². The number of aldehydes is 1. The van der Waals surface area contributed by atoms with Gasteiger partial charge in [0, 0.05) is 10.9 Å². The van der Waals surface area contributed by atoms with Gasteiger partial charge in [-0.25, -0.2) is 0 Å². The van der Waals surface area contributed by atoms with Crippen molar-refractivity contribution in [2.24, 2.45) is 5.41 Å². The Hall–Kier alpha value is -0.280. The Morgan fingerprint density at radius 3 is 2.25 bits per heavy atom. The molecule has 0 aliphatic heterocycles. The maximum absolute atomic E-state index is 11.0. The molecule has 1 aromatic carbocycles. The highest BCUT2D eigenvalue weighted by Crippen LogP contribution is 2.72. The number of carbonyl (C=O) groups excluding carboxylic acids is 1. The lowest BCUT2D eigenvalue weighted by Gasteiger charge is -2.04. The lowest BCUT2D eigenvalue weighted by atomic mass is 10.0. The molecule has 0 bridgehead atoms. The average molecular weight is 280 g/mol. The normalized spacial score (nSPS) is 31.1.